The van der Waals surface area contributed by atoms with E-state index in [0.717, 1.165) is 5.16 Å². The second-order valence-electron chi connectivity index (χ2n) is 2.29. The molecular weight excluding hydrogens is 184 g/mol. The summed E-state index contributed by atoms with van der Waals surface area (Å²) in [5, 5.41) is 17.0. The van der Waals surface area contributed by atoms with E-state index in [1.54, 1.807) is 4.57 Å². The number of terminal acetylenes is 1. The van der Waals surface area contributed by atoms with E-state index in [1.807, 2.05) is 13.1 Å². The van der Waals surface area contributed by atoms with Gasteiger partial charge in [0.15, 0.2) is 5.16 Å². The second-order valence-corrected chi connectivity index (χ2v) is 3.23. The molecule has 0 spiro atoms. The van der Waals surface area contributed by atoms with Crippen molar-refractivity contribution < 1.29 is 0 Å². The molecule has 0 saturated heterocycles. The standard InChI is InChI=1S/C8H8N4S/c1-3-6-13-8-11-10-7(4-5-9)12(8)2/h1H,4,6H2,2H3. The zero-order valence-corrected chi connectivity index (χ0v) is 8.01. The van der Waals surface area contributed by atoms with Gasteiger partial charge in [0.05, 0.1) is 18.2 Å². The zero-order valence-electron chi connectivity index (χ0n) is 7.19. The number of aromatic nitrogens is 3. The van der Waals surface area contributed by atoms with Crippen molar-refractivity contribution in [3.05, 3.63) is 5.82 Å². The summed E-state index contributed by atoms with van der Waals surface area (Å²) in [5.41, 5.74) is 0. The lowest BCUT2D eigenvalue weighted by molar-refractivity contribution is 0.755. The fourth-order valence-corrected chi connectivity index (χ4v) is 1.41. The van der Waals surface area contributed by atoms with Gasteiger partial charge in [-0.05, 0) is 0 Å². The summed E-state index contributed by atoms with van der Waals surface area (Å²) in [4.78, 5) is 0. The summed E-state index contributed by atoms with van der Waals surface area (Å²) in [7, 11) is 1.82. The fraction of sp³-hybridized carbons (Fsp3) is 0.375. The summed E-state index contributed by atoms with van der Waals surface area (Å²) in [6.45, 7) is 0. The Kier molecular flexibility index (Phi) is 3.36. The molecule has 0 saturated carbocycles. The highest BCUT2D eigenvalue weighted by Crippen LogP contribution is 2.14. The Morgan fingerprint density at radius 3 is 3.00 bits per heavy atom. The van der Waals surface area contributed by atoms with E-state index in [2.05, 4.69) is 16.1 Å². The van der Waals surface area contributed by atoms with E-state index in [1.165, 1.54) is 11.8 Å². The van der Waals surface area contributed by atoms with Gasteiger partial charge in [-0.2, -0.15) is 5.26 Å². The minimum absolute atomic E-state index is 0.278. The number of nitrogens with zero attached hydrogens (tertiary/aromatic N) is 4. The molecule has 0 aliphatic heterocycles. The van der Waals surface area contributed by atoms with E-state index >= 15 is 0 Å². The molecule has 0 atom stereocenters. The fourth-order valence-electron chi connectivity index (χ4n) is 0.802. The lowest BCUT2D eigenvalue weighted by Gasteiger charge is -1.97. The number of hydrogen-bond donors (Lipinski definition) is 0. The summed E-state index contributed by atoms with van der Waals surface area (Å²) in [6.07, 6.45) is 5.39. The first-order valence-corrected chi connectivity index (χ1v) is 4.59. The van der Waals surface area contributed by atoms with Crippen molar-refractivity contribution in [2.45, 2.75) is 11.6 Å². The topological polar surface area (TPSA) is 54.5 Å². The third-order valence-corrected chi connectivity index (χ3v) is 2.37. The van der Waals surface area contributed by atoms with Crippen molar-refractivity contribution in [2.24, 2.45) is 7.05 Å². The smallest absolute Gasteiger partial charge is 0.191 e. The van der Waals surface area contributed by atoms with Crippen molar-refractivity contribution in [3.8, 4) is 18.4 Å². The summed E-state index contributed by atoms with van der Waals surface area (Å²) < 4.78 is 1.78. The third-order valence-electron chi connectivity index (χ3n) is 1.45. The van der Waals surface area contributed by atoms with Crippen molar-refractivity contribution in [3.63, 3.8) is 0 Å². The molecule has 1 heterocycles. The van der Waals surface area contributed by atoms with Gasteiger partial charge < -0.3 is 4.57 Å². The van der Waals surface area contributed by atoms with Crippen LogP contribution in [0.3, 0.4) is 0 Å². The Morgan fingerprint density at radius 2 is 2.38 bits per heavy atom. The highest BCUT2D eigenvalue weighted by atomic mass is 32.2. The molecule has 66 valence electrons. The Balaban J connectivity index is 2.76. The molecular formula is C8H8N4S. The average molecular weight is 192 g/mol. The van der Waals surface area contributed by atoms with E-state index < -0.39 is 0 Å². The molecule has 0 bridgehead atoms. The Morgan fingerprint density at radius 1 is 1.62 bits per heavy atom. The molecule has 13 heavy (non-hydrogen) atoms. The lowest BCUT2D eigenvalue weighted by Crippen LogP contribution is -1.97. The van der Waals surface area contributed by atoms with Gasteiger partial charge in [0, 0.05) is 7.05 Å². The molecule has 0 aromatic carbocycles. The monoisotopic (exact) mass is 192 g/mol. The van der Waals surface area contributed by atoms with E-state index in [9.17, 15) is 0 Å². The van der Waals surface area contributed by atoms with Crippen LogP contribution in [-0.2, 0) is 13.5 Å². The van der Waals surface area contributed by atoms with Gasteiger partial charge in [0.1, 0.15) is 5.82 Å². The van der Waals surface area contributed by atoms with E-state index in [0.29, 0.717) is 11.6 Å². The van der Waals surface area contributed by atoms with Gasteiger partial charge in [-0.3, -0.25) is 0 Å². The second kappa shape index (κ2) is 4.54. The zero-order chi connectivity index (χ0) is 9.68. The van der Waals surface area contributed by atoms with Gasteiger partial charge in [-0.15, -0.1) is 16.6 Å². The van der Waals surface area contributed by atoms with E-state index in [-0.39, 0.29) is 6.42 Å². The molecule has 0 N–H and O–H groups in total. The first kappa shape index (κ1) is 9.63. The molecule has 1 aromatic heterocycles. The maximum Gasteiger partial charge on any atom is 0.191 e. The predicted octanol–water partition coefficient (Wildman–Crippen LogP) is 0.606. The van der Waals surface area contributed by atoms with Gasteiger partial charge >= 0.3 is 0 Å². The van der Waals surface area contributed by atoms with Gasteiger partial charge in [-0.1, -0.05) is 17.7 Å². The summed E-state index contributed by atoms with van der Waals surface area (Å²) in [6, 6.07) is 2.02. The summed E-state index contributed by atoms with van der Waals surface area (Å²) in [5.74, 6) is 3.74. The van der Waals surface area contributed by atoms with Crippen LogP contribution in [0.4, 0.5) is 0 Å². The number of rotatable bonds is 3. The first-order chi connectivity index (χ1) is 6.29. The van der Waals surface area contributed by atoms with Crippen molar-refractivity contribution >= 4 is 11.8 Å². The average Bonchev–Trinajstić information content (AvgIpc) is 2.46. The number of thioether (sulfide) groups is 1. The normalized spacial score (nSPS) is 9.15. The van der Waals surface area contributed by atoms with E-state index in [4.69, 9.17) is 11.7 Å². The highest BCUT2D eigenvalue weighted by molar-refractivity contribution is 7.99. The largest absolute Gasteiger partial charge is 0.308 e. The molecule has 5 heteroatoms. The Bertz CT molecular complexity index is 368. The molecule has 0 unspecified atom stereocenters. The van der Waals surface area contributed by atoms with Crippen LogP contribution in [0.15, 0.2) is 5.16 Å². The highest BCUT2D eigenvalue weighted by Gasteiger charge is 2.07. The maximum absolute atomic E-state index is 8.46. The Labute approximate surface area is 81.0 Å². The number of hydrogen-bond acceptors (Lipinski definition) is 4. The van der Waals surface area contributed by atoms with Crippen molar-refractivity contribution in [1.82, 2.24) is 14.8 Å². The van der Waals surface area contributed by atoms with Gasteiger partial charge in [0.25, 0.3) is 0 Å². The van der Waals surface area contributed by atoms with Crippen LogP contribution in [0, 0.1) is 23.7 Å². The predicted molar refractivity (Wildman–Crippen MR) is 49.9 cm³/mol. The molecule has 0 amide bonds. The van der Waals surface area contributed by atoms with Gasteiger partial charge in [0.2, 0.25) is 0 Å². The van der Waals surface area contributed by atoms with Crippen LogP contribution in [0.25, 0.3) is 0 Å². The van der Waals surface area contributed by atoms with Crippen LogP contribution in [-0.4, -0.2) is 20.5 Å². The van der Waals surface area contributed by atoms with Crippen molar-refractivity contribution in [2.75, 3.05) is 5.75 Å². The molecule has 0 aliphatic rings. The lowest BCUT2D eigenvalue weighted by atomic mass is 10.4. The Hall–Kier alpha value is -1.46. The molecule has 1 rings (SSSR count). The van der Waals surface area contributed by atoms with Crippen molar-refractivity contribution in [1.29, 1.82) is 5.26 Å². The van der Waals surface area contributed by atoms with Crippen LogP contribution >= 0.6 is 11.8 Å². The SMILES string of the molecule is C#CCSc1nnc(CC#N)n1C. The minimum atomic E-state index is 0.278. The third kappa shape index (κ3) is 2.24. The molecule has 0 fully saturated rings. The minimum Gasteiger partial charge on any atom is -0.308 e. The first-order valence-electron chi connectivity index (χ1n) is 3.61. The summed E-state index contributed by atoms with van der Waals surface area (Å²) >= 11 is 1.44. The quantitative estimate of drug-likeness (QED) is 0.520. The van der Waals surface area contributed by atoms with Crippen LogP contribution in [0.1, 0.15) is 5.82 Å². The molecule has 0 aliphatic carbocycles. The van der Waals surface area contributed by atoms with Crippen LogP contribution in [0.2, 0.25) is 0 Å². The molecule has 1 aromatic rings. The molecule has 4 nitrogen and oxygen atoms in total. The number of nitriles is 1. The molecule has 0 radical (unpaired) electrons. The van der Waals surface area contributed by atoms with Gasteiger partial charge in [-0.25, -0.2) is 0 Å². The van der Waals surface area contributed by atoms with Crippen LogP contribution < -0.4 is 0 Å². The van der Waals surface area contributed by atoms with Crippen LogP contribution in [0.5, 0.6) is 0 Å². The maximum atomic E-state index is 8.46.